The summed E-state index contributed by atoms with van der Waals surface area (Å²) in [7, 11) is 1.55. The number of amides is 2. The topological polar surface area (TPSA) is 76.7 Å². The van der Waals surface area contributed by atoms with E-state index in [0.29, 0.717) is 23.0 Å². The van der Waals surface area contributed by atoms with Crippen LogP contribution in [0.15, 0.2) is 48.5 Å². The molecule has 0 heterocycles. The van der Waals surface area contributed by atoms with Crippen LogP contribution in [0.2, 0.25) is 0 Å². The van der Waals surface area contributed by atoms with Crippen molar-refractivity contribution in [2.24, 2.45) is 0 Å². The molecule has 0 saturated heterocycles. The van der Waals surface area contributed by atoms with Gasteiger partial charge in [0.2, 0.25) is 0 Å². The molecule has 2 aromatic carbocycles. The molecular formula is C20H24N2O4. The summed E-state index contributed by atoms with van der Waals surface area (Å²) >= 11 is 0. The molecule has 0 saturated carbocycles. The van der Waals surface area contributed by atoms with Crippen LogP contribution in [0.5, 0.6) is 11.5 Å². The monoisotopic (exact) mass is 356 g/mol. The highest BCUT2D eigenvalue weighted by molar-refractivity contribution is 5.95. The average Bonchev–Trinajstić information content (AvgIpc) is 2.66. The van der Waals surface area contributed by atoms with Crippen molar-refractivity contribution in [1.82, 2.24) is 10.9 Å². The van der Waals surface area contributed by atoms with E-state index in [1.807, 2.05) is 24.3 Å². The lowest BCUT2D eigenvalue weighted by Gasteiger charge is -2.16. The molecule has 26 heavy (non-hydrogen) atoms. The summed E-state index contributed by atoms with van der Waals surface area (Å²) < 4.78 is 10.6. The van der Waals surface area contributed by atoms with Crippen LogP contribution < -0.4 is 20.3 Å². The molecule has 2 N–H and O–H groups in total. The lowest BCUT2D eigenvalue weighted by molar-refractivity contribution is -0.128. The Balaban J connectivity index is 1.85. The van der Waals surface area contributed by atoms with E-state index in [9.17, 15) is 9.59 Å². The van der Waals surface area contributed by atoms with Gasteiger partial charge in [0.1, 0.15) is 11.5 Å². The summed E-state index contributed by atoms with van der Waals surface area (Å²) in [5.74, 6) is 0.807. The quantitative estimate of drug-likeness (QED) is 0.780. The molecule has 0 spiro atoms. The summed E-state index contributed by atoms with van der Waals surface area (Å²) in [5.41, 5.74) is 6.33. The number of rotatable bonds is 6. The van der Waals surface area contributed by atoms with Crippen molar-refractivity contribution in [3.8, 4) is 11.5 Å². The highest BCUT2D eigenvalue weighted by atomic mass is 16.5. The normalized spacial score (nSPS) is 11.6. The summed E-state index contributed by atoms with van der Waals surface area (Å²) in [4.78, 5) is 24.1. The molecule has 2 aromatic rings. The van der Waals surface area contributed by atoms with E-state index in [0.717, 1.165) is 0 Å². The fourth-order valence-electron chi connectivity index (χ4n) is 2.22. The molecule has 0 aliphatic heterocycles. The Labute approximate surface area is 153 Å². The van der Waals surface area contributed by atoms with E-state index in [2.05, 4.69) is 24.7 Å². The second-order valence-electron chi connectivity index (χ2n) is 6.16. The predicted octanol–water partition coefficient (Wildman–Crippen LogP) is 3.05. The van der Waals surface area contributed by atoms with Crippen molar-refractivity contribution in [3.05, 3.63) is 59.7 Å². The predicted molar refractivity (Wildman–Crippen MR) is 99.2 cm³/mol. The van der Waals surface area contributed by atoms with Gasteiger partial charge in [-0.3, -0.25) is 20.4 Å². The molecule has 0 aliphatic carbocycles. The first-order valence-corrected chi connectivity index (χ1v) is 8.41. The third-order valence-electron chi connectivity index (χ3n) is 3.88. The fourth-order valence-corrected chi connectivity index (χ4v) is 2.22. The van der Waals surface area contributed by atoms with E-state index in [4.69, 9.17) is 9.47 Å². The van der Waals surface area contributed by atoms with Gasteiger partial charge in [0.25, 0.3) is 11.8 Å². The first kappa shape index (κ1) is 19.3. The second-order valence-corrected chi connectivity index (χ2v) is 6.16. The minimum absolute atomic E-state index is 0.406. The Hall–Kier alpha value is -3.02. The molecule has 1 atom stereocenters. The highest BCUT2D eigenvalue weighted by Gasteiger charge is 2.16. The second kappa shape index (κ2) is 8.89. The van der Waals surface area contributed by atoms with Crippen LogP contribution in [-0.2, 0) is 4.79 Å². The lowest BCUT2D eigenvalue weighted by atomic mass is 10.0. The summed E-state index contributed by atoms with van der Waals surface area (Å²) in [6, 6.07) is 14.1. The third-order valence-corrected chi connectivity index (χ3v) is 3.88. The van der Waals surface area contributed by atoms with Gasteiger partial charge in [-0.25, -0.2) is 0 Å². The molecule has 0 aromatic heterocycles. The maximum Gasteiger partial charge on any atom is 0.279 e. The van der Waals surface area contributed by atoms with Crippen molar-refractivity contribution < 1.29 is 19.1 Å². The van der Waals surface area contributed by atoms with Gasteiger partial charge in [0.05, 0.1) is 7.11 Å². The van der Waals surface area contributed by atoms with E-state index >= 15 is 0 Å². The van der Waals surface area contributed by atoms with Crippen LogP contribution in [-0.4, -0.2) is 25.0 Å². The van der Waals surface area contributed by atoms with Crippen LogP contribution >= 0.6 is 0 Å². The number of carbonyl (C=O) groups excluding carboxylic acids is 2. The van der Waals surface area contributed by atoms with Crippen molar-refractivity contribution >= 4 is 11.8 Å². The number of ether oxygens (including phenoxy) is 2. The van der Waals surface area contributed by atoms with Gasteiger partial charge < -0.3 is 9.47 Å². The lowest BCUT2D eigenvalue weighted by Crippen LogP contribution is -2.47. The van der Waals surface area contributed by atoms with Gasteiger partial charge >= 0.3 is 0 Å². The van der Waals surface area contributed by atoms with Gasteiger partial charge in [0.15, 0.2) is 6.10 Å². The minimum Gasteiger partial charge on any atom is -0.497 e. The maximum atomic E-state index is 12.1. The van der Waals surface area contributed by atoms with E-state index in [1.54, 1.807) is 38.3 Å². The van der Waals surface area contributed by atoms with Crippen LogP contribution in [0.25, 0.3) is 0 Å². The SMILES string of the molecule is COc1ccc(C(=O)NNC(=O)C(C)Oc2ccc(C(C)C)cc2)cc1. The molecule has 0 bridgehead atoms. The number of hydrazine groups is 1. The molecule has 0 fully saturated rings. The maximum absolute atomic E-state index is 12.1. The first-order chi connectivity index (χ1) is 12.4. The summed E-state index contributed by atoms with van der Waals surface area (Å²) in [5, 5.41) is 0. The van der Waals surface area contributed by atoms with E-state index in [1.165, 1.54) is 5.56 Å². The number of benzene rings is 2. The Kier molecular flexibility index (Phi) is 6.60. The summed E-state index contributed by atoms with van der Waals surface area (Å²) in [6.07, 6.45) is -0.754. The molecule has 2 rings (SSSR count). The number of methoxy groups -OCH3 is 1. The molecule has 0 radical (unpaired) electrons. The number of hydrogen-bond acceptors (Lipinski definition) is 4. The van der Waals surface area contributed by atoms with Crippen LogP contribution in [0.3, 0.4) is 0 Å². The smallest absolute Gasteiger partial charge is 0.279 e. The Morgan fingerprint density at radius 3 is 1.96 bits per heavy atom. The van der Waals surface area contributed by atoms with Crippen LogP contribution in [0.4, 0.5) is 0 Å². The fraction of sp³-hybridized carbons (Fsp3) is 0.300. The van der Waals surface area contributed by atoms with Crippen LogP contribution in [0, 0.1) is 0 Å². The molecule has 2 amide bonds. The van der Waals surface area contributed by atoms with Gasteiger partial charge in [-0.15, -0.1) is 0 Å². The van der Waals surface area contributed by atoms with Gasteiger partial charge in [-0.05, 0) is 54.8 Å². The van der Waals surface area contributed by atoms with Gasteiger partial charge in [-0.1, -0.05) is 26.0 Å². The van der Waals surface area contributed by atoms with E-state index < -0.39 is 17.9 Å². The molecule has 138 valence electrons. The zero-order valence-corrected chi connectivity index (χ0v) is 15.4. The van der Waals surface area contributed by atoms with Crippen LogP contribution in [0.1, 0.15) is 42.6 Å². The molecule has 6 nitrogen and oxygen atoms in total. The molecule has 1 unspecified atom stereocenters. The molecule has 0 aliphatic rings. The first-order valence-electron chi connectivity index (χ1n) is 8.41. The largest absolute Gasteiger partial charge is 0.497 e. The Morgan fingerprint density at radius 1 is 0.846 bits per heavy atom. The highest BCUT2D eigenvalue weighted by Crippen LogP contribution is 2.19. The molecular weight excluding hydrogens is 332 g/mol. The molecule has 6 heteroatoms. The zero-order valence-electron chi connectivity index (χ0n) is 15.4. The number of carbonyl (C=O) groups is 2. The van der Waals surface area contributed by atoms with Gasteiger partial charge in [-0.2, -0.15) is 0 Å². The van der Waals surface area contributed by atoms with Crippen molar-refractivity contribution in [2.45, 2.75) is 32.8 Å². The van der Waals surface area contributed by atoms with Crippen molar-refractivity contribution in [1.29, 1.82) is 0 Å². The van der Waals surface area contributed by atoms with Crippen molar-refractivity contribution in [2.75, 3.05) is 7.11 Å². The summed E-state index contributed by atoms with van der Waals surface area (Å²) in [6.45, 7) is 5.83. The van der Waals surface area contributed by atoms with E-state index in [-0.39, 0.29) is 0 Å². The Bertz CT molecular complexity index is 739. The minimum atomic E-state index is -0.754. The Morgan fingerprint density at radius 2 is 1.42 bits per heavy atom. The number of nitrogens with one attached hydrogen (secondary N) is 2. The van der Waals surface area contributed by atoms with Crippen molar-refractivity contribution in [3.63, 3.8) is 0 Å². The number of hydrogen-bond donors (Lipinski definition) is 2. The average molecular weight is 356 g/mol. The standard InChI is InChI=1S/C20H24N2O4/c1-13(2)15-5-11-18(12-6-15)26-14(3)19(23)21-22-20(24)16-7-9-17(25-4)10-8-16/h5-14H,1-4H3,(H,21,23)(H,22,24). The third kappa shape index (κ3) is 5.24. The zero-order chi connectivity index (χ0) is 19.1. The van der Waals surface area contributed by atoms with Gasteiger partial charge in [0, 0.05) is 5.56 Å².